The van der Waals surface area contributed by atoms with Gasteiger partial charge in [0.15, 0.2) is 46.0 Å². The minimum absolute atomic E-state index is 0.715. The van der Waals surface area contributed by atoms with E-state index >= 15 is 0 Å². The second-order valence-corrected chi connectivity index (χ2v) is 14.3. The van der Waals surface area contributed by atoms with Crippen LogP contribution >= 0.6 is 0 Å². The third-order valence-corrected chi connectivity index (χ3v) is 11.4. The lowest BCUT2D eigenvalue weighted by Crippen LogP contribution is -2.30. The quantitative estimate of drug-likeness (QED) is 0.586. The highest BCUT2D eigenvalue weighted by molar-refractivity contribution is 8.03. The lowest BCUT2D eigenvalue weighted by Gasteiger charge is -2.08. The van der Waals surface area contributed by atoms with Crippen LogP contribution in [0.5, 0.6) is 0 Å². The van der Waals surface area contributed by atoms with Crippen LogP contribution in [0, 0.1) is 0 Å². The summed E-state index contributed by atoms with van der Waals surface area (Å²) in [5.41, 5.74) is 0. The fourth-order valence-electron chi connectivity index (χ4n) is 1.55. The molecule has 0 aliphatic carbocycles. The van der Waals surface area contributed by atoms with Crippen LogP contribution in [0.2, 0.25) is 0 Å². The molecule has 4 heteroatoms. The predicted octanol–water partition coefficient (Wildman–Crippen LogP) is 0.992. The van der Waals surface area contributed by atoms with E-state index < -0.39 is 0 Å². The average Bonchev–Trinajstić information content (AvgIpc) is 2.27. The lowest BCUT2D eigenvalue weighted by atomic mass is 10.9. The number of rotatable bonds is 0. The second-order valence-electron chi connectivity index (χ2n) is 4.76. The first-order valence-electron chi connectivity index (χ1n) is 5.94. The minimum Gasteiger partial charge on any atom is -0.00600 e. The molecule has 0 bridgehead atoms. The van der Waals surface area contributed by atoms with Gasteiger partial charge in [0, 0.05) is 0 Å². The Bertz CT molecular complexity index is 130. The van der Waals surface area contributed by atoms with Crippen LogP contribution in [0.25, 0.3) is 0 Å². The zero-order chi connectivity index (χ0) is 12.0. The van der Waals surface area contributed by atoms with Crippen LogP contribution in [-0.4, -0.2) is 71.0 Å². The van der Waals surface area contributed by atoms with Gasteiger partial charge in [-0.2, -0.15) is 0 Å². The molecule has 96 valence electrons. The summed E-state index contributed by atoms with van der Waals surface area (Å²) in [5, 5.41) is 0. The highest BCUT2D eigenvalue weighted by Gasteiger charge is 2.27. The Balaban J connectivity index is 2.39. The van der Waals surface area contributed by atoms with E-state index in [0.29, 0.717) is 43.6 Å². The molecule has 0 radical (unpaired) electrons. The largest absolute Gasteiger partial charge is 0.152 e. The normalized spacial score (nSPS) is 39.8. The van der Waals surface area contributed by atoms with Gasteiger partial charge >= 0.3 is 0 Å². The predicted molar refractivity (Wildman–Crippen MR) is 92.1 cm³/mol. The maximum atomic E-state index is 2.49. The van der Waals surface area contributed by atoms with Gasteiger partial charge in [-0.1, -0.05) is 0 Å². The van der Waals surface area contributed by atoms with Crippen molar-refractivity contribution < 1.29 is 0 Å². The van der Waals surface area contributed by atoms with E-state index in [-0.39, 0.29) is 0 Å². The van der Waals surface area contributed by atoms with Crippen molar-refractivity contribution in [2.24, 2.45) is 0 Å². The summed E-state index contributed by atoms with van der Waals surface area (Å²) in [6, 6.07) is 0. The monoisotopic (exact) mass is 300 g/mol. The van der Waals surface area contributed by atoms with Crippen molar-refractivity contribution in [3.63, 3.8) is 0 Å². The Morgan fingerprint density at radius 2 is 0.500 bits per heavy atom. The third-order valence-electron chi connectivity index (χ3n) is 3.12. The fraction of sp³-hybridized carbons (Fsp3) is 1.00. The molecule has 0 nitrogen and oxygen atoms in total. The molecule has 0 aromatic carbocycles. The molecule has 0 spiro atoms. The third kappa shape index (κ3) is 6.97. The molecule has 0 saturated carbocycles. The molecule has 1 heterocycles. The van der Waals surface area contributed by atoms with Crippen molar-refractivity contribution in [3.05, 3.63) is 0 Å². The summed E-state index contributed by atoms with van der Waals surface area (Å²) in [7, 11) is 2.86. The van der Waals surface area contributed by atoms with Crippen LogP contribution in [0.3, 0.4) is 0 Å². The van der Waals surface area contributed by atoms with E-state index in [1.807, 2.05) is 0 Å². The SMILES string of the molecule is C[S+]1CC[S+](C)CC[S+](C)CC[S+](C)CC1. The van der Waals surface area contributed by atoms with Gasteiger partial charge in [0.25, 0.3) is 0 Å². The van der Waals surface area contributed by atoms with Crippen LogP contribution in [0.15, 0.2) is 0 Å². The molecular formula is C12H28S4+4. The van der Waals surface area contributed by atoms with E-state index in [1.54, 1.807) is 0 Å². The zero-order valence-corrected chi connectivity index (χ0v) is 14.6. The summed E-state index contributed by atoms with van der Waals surface area (Å²) in [6.45, 7) is 0. The minimum atomic E-state index is 0.715. The van der Waals surface area contributed by atoms with Crippen LogP contribution < -0.4 is 0 Å². The van der Waals surface area contributed by atoms with Gasteiger partial charge in [0.2, 0.25) is 0 Å². The molecular weight excluding hydrogens is 272 g/mol. The van der Waals surface area contributed by atoms with E-state index in [9.17, 15) is 0 Å². The Hall–Kier alpha value is 1.40. The first kappa shape index (κ1) is 15.5. The van der Waals surface area contributed by atoms with E-state index in [0.717, 1.165) is 0 Å². The average molecular weight is 301 g/mol. The van der Waals surface area contributed by atoms with Crippen molar-refractivity contribution in [2.75, 3.05) is 71.0 Å². The molecule has 1 saturated heterocycles. The molecule has 0 aromatic heterocycles. The Morgan fingerprint density at radius 3 is 0.625 bits per heavy atom. The van der Waals surface area contributed by atoms with Gasteiger partial charge in [-0.25, -0.2) is 0 Å². The van der Waals surface area contributed by atoms with Gasteiger partial charge in [-0.05, 0) is 43.6 Å². The standard InChI is InChI=1S/C12H28S4/c1-13-5-7-14(2)9-11-16(4)12-10-15(3)8-6-13/h5-12H2,1-4H3/q+4. The molecule has 1 rings (SSSR count). The maximum Gasteiger partial charge on any atom is 0.152 e. The molecule has 0 unspecified atom stereocenters. The fourth-order valence-corrected chi connectivity index (χ4v) is 11.5. The van der Waals surface area contributed by atoms with E-state index in [4.69, 9.17) is 0 Å². The molecule has 0 amide bonds. The van der Waals surface area contributed by atoms with Gasteiger partial charge < -0.3 is 0 Å². The van der Waals surface area contributed by atoms with Gasteiger partial charge in [0.05, 0.1) is 25.0 Å². The highest BCUT2D eigenvalue weighted by atomic mass is 32.2. The Morgan fingerprint density at radius 1 is 0.375 bits per heavy atom. The molecule has 16 heavy (non-hydrogen) atoms. The molecule has 1 fully saturated rings. The van der Waals surface area contributed by atoms with E-state index in [1.165, 1.54) is 46.0 Å². The van der Waals surface area contributed by atoms with Gasteiger partial charge in [-0.3, -0.25) is 0 Å². The van der Waals surface area contributed by atoms with Crippen LogP contribution in [0.1, 0.15) is 0 Å². The first-order valence-corrected chi connectivity index (χ1v) is 13.8. The van der Waals surface area contributed by atoms with Crippen molar-refractivity contribution in [3.8, 4) is 0 Å². The zero-order valence-electron chi connectivity index (χ0n) is 11.3. The summed E-state index contributed by atoms with van der Waals surface area (Å²) in [4.78, 5) is 0. The van der Waals surface area contributed by atoms with Crippen LogP contribution in [-0.2, 0) is 43.6 Å². The van der Waals surface area contributed by atoms with Gasteiger partial charge in [-0.15, -0.1) is 0 Å². The topological polar surface area (TPSA) is 0 Å². The van der Waals surface area contributed by atoms with Gasteiger partial charge in [0.1, 0.15) is 0 Å². The molecule has 0 N–H and O–H groups in total. The number of hydrogen-bond acceptors (Lipinski definition) is 0. The van der Waals surface area contributed by atoms with Crippen LogP contribution in [0.4, 0.5) is 0 Å². The molecule has 1 aliphatic heterocycles. The highest BCUT2D eigenvalue weighted by Crippen LogP contribution is 2.06. The molecule has 0 aromatic rings. The first-order chi connectivity index (χ1) is 7.58. The van der Waals surface area contributed by atoms with E-state index in [2.05, 4.69) is 25.0 Å². The van der Waals surface area contributed by atoms with Crippen molar-refractivity contribution in [1.29, 1.82) is 0 Å². The van der Waals surface area contributed by atoms with Crippen molar-refractivity contribution in [1.82, 2.24) is 0 Å². The summed E-state index contributed by atoms with van der Waals surface area (Å²) in [6.07, 6.45) is 9.96. The summed E-state index contributed by atoms with van der Waals surface area (Å²) >= 11 is 0. The Kier molecular flexibility index (Phi) is 8.20. The summed E-state index contributed by atoms with van der Waals surface area (Å²) in [5.74, 6) is 12.1. The lowest BCUT2D eigenvalue weighted by molar-refractivity contribution is 1.37. The Labute approximate surface area is 114 Å². The smallest absolute Gasteiger partial charge is 0.00600 e. The second kappa shape index (κ2) is 8.49. The van der Waals surface area contributed by atoms with Crippen molar-refractivity contribution >= 4 is 43.6 Å². The maximum absolute atomic E-state index is 2.49. The van der Waals surface area contributed by atoms with Crippen molar-refractivity contribution in [2.45, 2.75) is 0 Å². The molecule has 0 atom stereocenters. The molecule has 1 aliphatic rings. The number of hydrogen-bond donors (Lipinski definition) is 0. The summed E-state index contributed by atoms with van der Waals surface area (Å²) < 4.78 is 0.